The quantitative estimate of drug-likeness (QED) is 0.934. The Hall–Kier alpha value is -1.52. The molecule has 0 bridgehead atoms. The van der Waals surface area contributed by atoms with E-state index in [0.717, 1.165) is 5.56 Å². The third-order valence-corrected chi connectivity index (χ3v) is 2.74. The van der Waals surface area contributed by atoms with Gasteiger partial charge in [-0.2, -0.15) is 4.98 Å². The van der Waals surface area contributed by atoms with E-state index in [1.807, 2.05) is 12.1 Å². The molecular weight excluding hydrogens is 273 g/mol. The highest BCUT2D eigenvalue weighted by atomic mass is 35.5. The number of aromatic nitrogens is 2. The lowest BCUT2D eigenvalue weighted by Crippen LogP contribution is -2.02. The van der Waals surface area contributed by atoms with E-state index in [1.165, 1.54) is 6.20 Å². The summed E-state index contributed by atoms with van der Waals surface area (Å²) >= 11 is 11.7. The maximum Gasteiger partial charge on any atom is 0.237 e. The van der Waals surface area contributed by atoms with Gasteiger partial charge >= 0.3 is 0 Å². The van der Waals surface area contributed by atoms with Crippen molar-refractivity contribution >= 4 is 29.2 Å². The standard InChI is InChI=1S/C12H11Cl2N3O/c1-15-12-16-6-10(14)11(17-12)18-7-8-2-4-9(13)5-3-8/h2-6H,7H2,1H3,(H,15,16,17). The van der Waals surface area contributed by atoms with Crippen LogP contribution in [0.1, 0.15) is 5.56 Å². The number of anilines is 1. The van der Waals surface area contributed by atoms with Crippen molar-refractivity contribution in [3.05, 3.63) is 46.1 Å². The zero-order chi connectivity index (χ0) is 13.0. The molecule has 0 aliphatic rings. The summed E-state index contributed by atoms with van der Waals surface area (Å²) < 4.78 is 5.54. The van der Waals surface area contributed by atoms with Gasteiger partial charge in [0.1, 0.15) is 11.6 Å². The molecule has 0 unspecified atom stereocenters. The van der Waals surface area contributed by atoms with Gasteiger partial charge in [0.2, 0.25) is 11.8 Å². The summed E-state index contributed by atoms with van der Waals surface area (Å²) in [6.07, 6.45) is 1.50. The molecule has 1 aromatic carbocycles. The van der Waals surface area contributed by atoms with Crippen LogP contribution < -0.4 is 10.1 Å². The maximum atomic E-state index is 5.95. The van der Waals surface area contributed by atoms with E-state index in [1.54, 1.807) is 19.2 Å². The Morgan fingerprint density at radius 1 is 1.22 bits per heavy atom. The monoisotopic (exact) mass is 283 g/mol. The van der Waals surface area contributed by atoms with Gasteiger partial charge in [0.05, 0.1) is 6.20 Å². The number of ether oxygens (including phenoxy) is 1. The minimum Gasteiger partial charge on any atom is -0.472 e. The van der Waals surface area contributed by atoms with Gasteiger partial charge in [-0.25, -0.2) is 4.98 Å². The van der Waals surface area contributed by atoms with Crippen LogP contribution in [0.2, 0.25) is 10.0 Å². The van der Waals surface area contributed by atoms with E-state index in [2.05, 4.69) is 15.3 Å². The van der Waals surface area contributed by atoms with Crippen molar-refractivity contribution in [2.75, 3.05) is 12.4 Å². The zero-order valence-electron chi connectivity index (χ0n) is 9.65. The topological polar surface area (TPSA) is 47.0 Å². The first-order valence-corrected chi connectivity index (χ1v) is 6.02. The fourth-order valence-corrected chi connectivity index (χ4v) is 1.58. The lowest BCUT2D eigenvalue weighted by Gasteiger charge is -2.08. The van der Waals surface area contributed by atoms with Gasteiger partial charge in [0.15, 0.2) is 0 Å². The minimum atomic E-state index is 0.353. The molecule has 0 saturated carbocycles. The lowest BCUT2D eigenvalue weighted by atomic mass is 10.2. The molecule has 4 nitrogen and oxygen atoms in total. The Morgan fingerprint density at radius 2 is 1.94 bits per heavy atom. The van der Waals surface area contributed by atoms with Crippen molar-refractivity contribution in [3.63, 3.8) is 0 Å². The van der Waals surface area contributed by atoms with Crippen LogP contribution in [-0.2, 0) is 6.61 Å². The van der Waals surface area contributed by atoms with Gasteiger partial charge in [0.25, 0.3) is 0 Å². The molecule has 1 heterocycles. The second-order valence-electron chi connectivity index (χ2n) is 3.51. The fourth-order valence-electron chi connectivity index (χ4n) is 1.31. The van der Waals surface area contributed by atoms with E-state index in [9.17, 15) is 0 Å². The normalized spacial score (nSPS) is 10.2. The molecule has 2 rings (SSSR count). The molecule has 0 saturated heterocycles. The van der Waals surface area contributed by atoms with E-state index in [4.69, 9.17) is 27.9 Å². The van der Waals surface area contributed by atoms with E-state index < -0.39 is 0 Å². The lowest BCUT2D eigenvalue weighted by molar-refractivity contribution is 0.294. The van der Waals surface area contributed by atoms with Crippen molar-refractivity contribution in [1.82, 2.24) is 9.97 Å². The Bertz CT molecular complexity index is 531. The van der Waals surface area contributed by atoms with E-state index in [-0.39, 0.29) is 0 Å². The van der Waals surface area contributed by atoms with Crippen molar-refractivity contribution in [1.29, 1.82) is 0 Å². The molecule has 0 aliphatic heterocycles. The second kappa shape index (κ2) is 5.89. The van der Waals surface area contributed by atoms with Crippen LogP contribution >= 0.6 is 23.2 Å². The van der Waals surface area contributed by atoms with Gasteiger partial charge in [-0.15, -0.1) is 0 Å². The molecule has 2 aromatic rings. The first-order valence-electron chi connectivity index (χ1n) is 5.26. The Balaban J connectivity index is 2.07. The molecule has 0 spiro atoms. The molecule has 0 fully saturated rings. The predicted octanol–water partition coefficient (Wildman–Crippen LogP) is 3.40. The van der Waals surface area contributed by atoms with Gasteiger partial charge in [-0.1, -0.05) is 35.3 Å². The predicted molar refractivity (Wildman–Crippen MR) is 72.4 cm³/mol. The van der Waals surface area contributed by atoms with E-state index >= 15 is 0 Å². The molecule has 18 heavy (non-hydrogen) atoms. The molecule has 0 amide bonds. The third kappa shape index (κ3) is 3.24. The van der Waals surface area contributed by atoms with Gasteiger partial charge in [0, 0.05) is 12.1 Å². The summed E-state index contributed by atoms with van der Waals surface area (Å²) in [7, 11) is 1.73. The Morgan fingerprint density at radius 3 is 2.61 bits per heavy atom. The van der Waals surface area contributed by atoms with Crippen LogP contribution in [0, 0.1) is 0 Å². The summed E-state index contributed by atoms with van der Waals surface area (Å²) in [5.74, 6) is 0.816. The zero-order valence-corrected chi connectivity index (χ0v) is 11.2. The smallest absolute Gasteiger partial charge is 0.237 e. The van der Waals surface area contributed by atoms with Crippen LogP contribution in [-0.4, -0.2) is 17.0 Å². The summed E-state index contributed by atoms with van der Waals surface area (Å²) in [5, 5.41) is 3.89. The largest absolute Gasteiger partial charge is 0.472 e. The van der Waals surface area contributed by atoms with Crippen molar-refractivity contribution in [2.24, 2.45) is 0 Å². The van der Waals surface area contributed by atoms with Crippen LogP contribution in [0.15, 0.2) is 30.5 Å². The maximum absolute atomic E-state index is 5.95. The van der Waals surface area contributed by atoms with Crippen LogP contribution in [0.4, 0.5) is 5.95 Å². The molecule has 1 N–H and O–H groups in total. The number of hydrogen-bond acceptors (Lipinski definition) is 4. The SMILES string of the molecule is CNc1ncc(Cl)c(OCc2ccc(Cl)cc2)n1. The Kier molecular flexibility index (Phi) is 4.23. The average molecular weight is 284 g/mol. The molecule has 0 aliphatic carbocycles. The average Bonchev–Trinajstić information content (AvgIpc) is 2.40. The van der Waals surface area contributed by atoms with Crippen LogP contribution in [0.5, 0.6) is 5.88 Å². The number of rotatable bonds is 4. The summed E-state index contributed by atoms with van der Waals surface area (Å²) in [6, 6.07) is 7.38. The number of benzene rings is 1. The Labute approximate surface area is 115 Å². The van der Waals surface area contributed by atoms with Crippen molar-refractivity contribution < 1.29 is 4.74 Å². The first kappa shape index (κ1) is 12.9. The van der Waals surface area contributed by atoms with Crippen LogP contribution in [0.3, 0.4) is 0 Å². The summed E-state index contributed by atoms with van der Waals surface area (Å²) in [4.78, 5) is 8.09. The molecule has 0 atom stereocenters. The highest BCUT2D eigenvalue weighted by Gasteiger charge is 2.06. The summed E-state index contributed by atoms with van der Waals surface area (Å²) in [6.45, 7) is 0.372. The van der Waals surface area contributed by atoms with Crippen molar-refractivity contribution in [2.45, 2.75) is 6.61 Å². The number of hydrogen-bond donors (Lipinski definition) is 1. The van der Waals surface area contributed by atoms with Gasteiger partial charge in [-0.3, -0.25) is 0 Å². The molecule has 1 aromatic heterocycles. The summed E-state index contributed by atoms with van der Waals surface area (Å²) in [5.41, 5.74) is 0.986. The molecule has 0 radical (unpaired) electrons. The molecule has 94 valence electrons. The van der Waals surface area contributed by atoms with Crippen LogP contribution in [0.25, 0.3) is 0 Å². The van der Waals surface area contributed by atoms with Crippen molar-refractivity contribution in [3.8, 4) is 5.88 Å². The third-order valence-electron chi connectivity index (χ3n) is 2.22. The highest BCUT2D eigenvalue weighted by molar-refractivity contribution is 6.31. The van der Waals surface area contributed by atoms with E-state index in [0.29, 0.717) is 28.5 Å². The van der Waals surface area contributed by atoms with Gasteiger partial charge in [-0.05, 0) is 17.7 Å². The number of halogens is 2. The fraction of sp³-hybridized carbons (Fsp3) is 0.167. The first-order chi connectivity index (χ1) is 8.69. The minimum absolute atomic E-state index is 0.353. The number of nitrogens with zero attached hydrogens (tertiary/aromatic N) is 2. The molecule has 6 heteroatoms. The van der Waals surface area contributed by atoms with Gasteiger partial charge < -0.3 is 10.1 Å². The number of nitrogens with one attached hydrogen (secondary N) is 1. The molecular formula is C12H11Cl2N3O. The second-order valence-corrected chi connectivity index (χ2v) is 4.36. The highest BCUT2D eigenvalue weighted by Crippen LogP contribution is 2.22.